The highest BCUT2D eigenvalue weighted by atomic mass is 35.5. The second-order valence-electron chi connectivity index (χ2n) is 4.60. The maximum absolute atomic E-state index is 11.8. The van der Waals surface area contributed by atoms with Crippen LogP contribution in [0.25, 0.3) is 0 Å². The maximum atomic E-state index is 11.8. The number of carboxylic acid groups (broad SMARTS) is 1. The Morgan fingerprint density at radius 1 is 1.17 bits per heavy atom. The van der Waals surface area contributed by atoms with Crippen LogP contribution in [0.5, 0.6) is 5.75 Å². The third-order valence-electron chi connectivity index (χ3n) is 2.83. The van der Waals surface area contributed by atoms with Crippen molar-refractivity contribution in [1.29, 1.82) is 0 Å². The van der Waals surface area contributed by atoms with E-state index in [1.165, 1.54) is 18.2 Å². The van der Waals surface area contributed by atoms with Crippen molar-refractivity contribution in [1.82, 2.24) is 5.32 Å². The van der Waals surface area contributed by atoms with Crippen molar-refractivity contribution in [3.05, 3.63) is 59.1 Å². The third kappa shape index (κ3) is 5.22. The minimum atomic E-state index is -1.17. The summed E-state index contributed by atoms with van der Waals surface area (Å²) in [6, 6.07) is 13.1. The van der Waals surface area contributed by atoms with E-state index >= 15 is 0 Å². The molecule has 0 aromatic heterocycles. The number of thiocarbonyl (C=S) groups is 1. The van der Waals surface area contributed by atoms with Crippen LogP contribution in [0, 0.1) is 0 Å². The minimum Gasteiger partial charge on any atom is -0.484 e. The van der Waals surface area contributed by atoms with Gasteiger partial charge in [-0.25, -0.2) is 4.79 Å². The number of ether oxygens (including phenoxy) is 1. The molecule has 3 N–H and O–H groups in total. The zero-order valence-corrected chi connectivity index (χ0v) is 13.9. The number of anilines is 1. The van der Waals surface area contributed by atoms with Gasteiger partial charge in [0.15, 0.2) is 11.7 Å². The summed E-state index contributed by atoms with van der Waals surface area (Å²) in [5.41, 5.74) is 0.167. The van der Waals surface area contributed by atoms with Crippen LogP contribution in [0.4, 0.5) is 5.69 Å². The first-order chi connectivity index (χ1) is 11.5. The van der Waals surface area contributed by atoms with Crippen LogP contribution in [0.2, 0.25) is 5.02 Å². The summed E-state index contributed by atoms with van der Waals surface area (Å²) in [7, 11) is 0. The van der Waals surface area contributed by atoms with Crippen molar-refractivity contribution >= 4 is 46.5 Å². The number of para-hydroxylation sites is 1. The lowest BCUT2D eigenvalue weighted by Crippen LogP contribution is -2.37. The van der Waals surface area contributed by atoms with Gasteiger partial charge in [0.1, 0.15) is 5.75 Å². The topological polar surface area (TPSA) is 87.7 Å². The molecule has 0 aliphatic rings. The van der Waals surface area contributed by atoms with E-state index in [9.17, 15) is 9.59 Å². The second kappa shape index (κ2) is 8.28. The molecule has 6 nitrogen and oxygen atoms in total. The average Bonchev–Trinajstić information content (AvgIpc) is 2.55. The average molecular weight is 365 g/mol. The summed E-state index contributed by atoms with van der Waals surface area (Å²) < 4.78 is 5.29. The number of carbonyl (C=O) groups is 2. The molecule has 2 aromatic rings. The standard InChI is InChI=1S/C16H13ClN2O4S/c17-10-6-7-13(12(8-10)15(21)22)18-16(24)19-14(20)9-23-11-4-2-1-3-5-11/h1-8H,9H2,(H,21,22)(H2,18,19,20,24). The molecule has 8 heteroatoms. The fourth-order valence-corrected chi connectivity index (χ4v) is 2.18. The fourth-order valence-electron chi connectivity index (χ4n) is 1.78. The Bertz CT molecular complexity index is 768. The molecule has 0 heterocycles. The quantitative estimate of drug-likeness (QED) is 0.707. The highest BCUT2D eigenvalue weighted by Crippen LogP contribution is 2.20. The number of aromatic carboxylic acids is 1. The number of nitrogens with one attached hydrogen (secondary N) is 2. The largest absolute Gasteiger partial charge is 0.484 e. The van der Waals surface area contributed by atoms with Crippen molar-refractivity contribution in [2.24, 2.45) is 0 Å². The predicted octanol–water partition coefficient (Wildman–Crippen LogP) is 2.93. The van der Waals surface area contributed by atoms with Gasteiger partial charge in [-0.3, -0.25) is 10.1 Å². The molecule has 0 unspecified atom stereocenters. The summed E-state index contributed by atoms with van der Waals surface area (Å²) in [6.45, 7) is -0.224. The van der Waals surface area contributed by atoms with Crippen molar-refractivity contribution < 1.29 is 19.4 Å². The van der Waals surface area contributed by atoms with Crippen molar-refractivity contribution in [3.8, 4) is 5.75 Å². The van der Waals surface area contributed by atoms with Crippen LogP contribution in [0.3, 0.4) is 0 Å². The van der Waals surface area contributed by atoms with E-state index in [2.05, 4.69) is 10.6 Å². The minimum absolute atomic E-state index is 0.0403. The molecule has 0 spiro atoms. The smallest absolute Gasteiger partial charge is 0.337 e. The first kappa shape index (κ1) is 17.7. The first-order valence-corrected chi connectivity index (χ1v) is 7.56. The van der Waals surface area contributed by atoms with E-state index in [0.29, 0.717) is 5.75 Å². The Kier molecular flexibility index (Phi) is 6.11. The van der Waals surface area contributed by atoms with Crippen LogP contribution in [0.1, 0.15) is 10.4 Å². The number of hydrogen-bond acceptors (Lipinski definition) is 4. The Morgan fingerprint density at radius 3 is 2.54 bits per heavy atom. The van der Waals surface area contributed by atoms with E-state index in [1.54, 1.807) is 24.3 Å². The number of halogens is 1. The van der Waals surface area contributed by atoms with Gasteiger partial charge in [-0.15, -0.1) is 0 Å². The SMILES string of the molecule is O=C(COc1ccccc1)NC(=S)Nc1ccc(Cl)cc1C(=O)O. The number of carbonyl (C=O) groups excluding carboxylic acids is 1. The molecule has 0 aliphatic heterocycles. The maximum Gasteiger partial charge on any atom is 0.337 e. The zero-order valence-electron chi connectivity index (χ0n) is 12.3. The molecule has 0 aliphatic carbocycles. The molecular weight excluding hydrogens is 352 g/mol. The lowest BCUT2D eigenvalue weighted by Gasteiger charge is -2.12. The van der Waals surface area contributed by atoms with E-state index in [0.717, 1.165) is 0 Å². The lowest BCUT2D eigenvalue weighted by molar-refractivity contribution is -0.121. The highest BCUT2D eigenvalue weighted by Gasteiger charge is 2.13. The molecule has 0 atom stereocenters. The summed E-state index contributed by atoms with van der Waals surface area (Å²) in [4.78, 5) is 23.0. The number of benzene rings is 2. The van der Waals surface area contributed by atoms with Crippen LogP contribution >= 0.6 is 23.8 Å². The van der Waals surface area contributed by atoms with E-state index < -0.39 is 11.9 Å². The van der Waals surface area contributed by atoms with Crippen LogP contribution in [-0.2, 0) is 4.79 Å². The van der Waals surface area contributed by atoms with E-state index in [4.69, 9.17) is 33.7 Å². The summed E-state index contributed by atoms with van der Waals surface area (Å²) >= 11 is 10.8. The normalized spacial score (nSPS) is 9.88. The van der Waals surface area contributed by atoms with Gasteiger partial charge in [0.05, 0.1) is 11.3 Å². The Balaban J connectivity index is 1.91. The molecule has 124 valence electrons. The third-order valence-corrected chi connectivity index (χ3v) is 3.27. The van der Waals surface area contributed by atoms with Crippen LogP contribution in [-0.4, -0.2) is 28.7 Å². The number of amides is 1. The summed E-state index contributed by atoms with van der Waals surface area (Å²) in [6.07, 6.45) is 0. The Morgan fingerprint density at radius 2 is 1.88 bits per heavy atom. The monoisotopic (exact) mass is 364 g/mol. The van der Waals surface area contributed by atoms with E-state index in [1.807, 2.05) is 6.07 Å². The van der Waals surface area contributed by atoms with Crippen LogP contribution < -0.4 is 15.4 Å². The number of carboxylic acids is 1. The van der Waals surface area contributed by atoms with Crippen molar-refractivity contribution in [2.45, 2.75) is 0 Å². The molecule has 24 heavy (non-hydrogen) atoms. The van der Waals surface area contributed by atoms with Crippen LogP contribution in [0.15, 0.2) is 48.5 Å². The molecule has 0 fully saturated rings. The highest BCUT2D eigenvalue weighted by molar-refractivity contribution is 7.80. The Labute approximate surface area is 148 Å². The number of rotatable bonds is 5. The van der Waals surface area contributed by atoms with Gasteiger partial charge in [0.2, 0.25) is 0 Å². The summed E-state index contributed by atoms with van der Waals surface area (Å²) in [5, 5.41) is 14.4. The molecule has 0 bridgehead atoms. The second-order valence-corrected chi connectivity index (χ2v) is 5.44. The summed E-state index contributed by atoms with van der Waals surface area (Å²) in [5.74, 6) is -1.08. The molecule has 0 radical (unpaired) electrons. The molecule has 2 rings (SSSR count). The van der Waals surface area contributed by atoms with Gasteiger partial charge in [-0.05, 0) is 42.5 Å². The van der Waals surface area contributed by atoms with Crippen molar-refractivity contribution in [2.75, 3.05) is 11.9 Å². The lowest BCUT2D eigenvalue weighted by atomic mass is 10.2. The van der Waals surface area contributed by atoms with Crippen molar-refractivity contribution in [3.63, 3.8) is 0 Å². The van der Waals surface area contributed by atoms with Gasteiger partial charge in [0.25, 0.3) is 5.91 Å². The molecule has 0 saturated carbocycles. The molecule has 1 amide bonds. The predicted molar refractivity (Wildman–Crippen MR) is 94.7 cm³/mol. The van der Waals surface area contributed by atoms with Gasteiger partial charge in [0, 0.05) is 5.02 Å². The van der Waals surface area contributed by atoms with Gasteiger partial charge >= 0.3 is 5.97 Å². The van der Waals surface area contributed by atoms with Gasteiger partial charge in [-0.1, -0.05) is 29.8 Å². The fraction of sp³-hybridized carbons (Fsp3) is 0.0625. The molecule has 0 saturated heterocycles. The van der Waals surface area contributed by atoms with Gasteiger partial charge < -0.3 is 15.2 Å². The van der Waals surface area contributed by atoms with Gasteiger partial charge in [-0.2, -0.15) is 0 Å². The first-order valence-electron chi connectivity index (χ1n) is 6.77. The molecular formula is C16H13ClN2O4S. The number of hydrogen-bond donors (Lipinski definition) is 3. The Hall–Kier alpha value is -2.64. The molecule has 2 aromatic carbocycles. The van der Waals surface area contributed by atoms with E-state index in [-0.39, 0.29) is 28.0 Å². The zero-order chi connectivity index (χ0) is 17.5.